The molecule has 18 heavy (non-hydrogen) atoms. The molecule has 0 aromatic heterocycles. The molecule has 2 nitrogen and oxygen atoms in total. The molecule has 1 aromatic carbocycles. The Morgan fingerprint density at radius 1 is 1.06 bits per heavy atom. The number of phenolic OH excluding ortho intramolecular Hbond substituents is 1. The summed E-state index contributed by atoms with van der Waals surface area (Å²) < 4.78 is 0. The normalized spacial score (nSPS) is 17.5. The van der Waals surface area contributed by atoms with Crippen molar-refractivity contribution in [2.45, 2.75) is 64.4 Å². The first-order chi connectivity index (χ1) is 8.34. The SMILES string of the molecule is CC(C)c1ccc(C(C)C)c(CC2(O)CC2)c1O. The predicted octanol–water partition coefficient (Wildman–Crippen LogP) is 3.71. The Morgan fingerprint density at radius 2 is 1.56 bits per heavy atom. The van der Waals surface area contributed by atoms with Crippen LogP contribution in [0.15, 0.2) is 12.1 Å². The van der Waals surface area contributed by atoms with E-state index in [0.717, 1.165) is 29.5 Å². The number of aromatic hydroxyl groups is 1. The maximum absolute atomic E-state index is 10.5. The summed E-state index contributed by atoms with van der Waals surface area (Å²) in [5, 5.41) is 20.6. The van der Waals surface area contributed by atoms with Gasteiger partial charge in [-0.25, -0.2) is 0 Å². The minimum atomic E-state index is -0.559. The van der Waals surface area contributed by atoms with E-state index in [2.05, 4.69) is 33.8 Å². The van der Waals surface area contributed by atoms with Crippen LogP contribution in [0.5, 0.6) is 5.75 Å². The number of aliphatic hydroxyl groups is 1. The first kappa shape index (κ1) is 13.4. The molecule has 0 saturated heterocycles. The summed E-state index contributed by atoms with van der Waals surface area (Å²) in [6.45, 7) is 8.42. The van der Waals surface area contributed by atoms with E-state index in [1.165, 1.54) is 0 Å². The van der Waals surface area contributed by atoms with Crippen LogP contribution in [0, 0.1) is 0 Å². The molecule has 0 atom stereocenters. The van der Waals surface area contributed by atoms with Crippen molar-refractivity contribution in [3.05, 3.63) is 28.8 Å². The highest BCUT2D eigenvalue weighted by Gasteiger charge is 2.41. The largest absolute Gasteiger partial charge is 0.507 e. The third-order valence-electron chi connectivity index (χ3n) is 3.93. The van der Waals surface area contributed by atoms with Gasteiger partial charge in [-0.2, -0.15) is 0 Å². The molecule has 2 N–H and O–H groups in total. The highest BCUT2D eigenvalue weighted by molar-refractivity contribution is 5.49. The van der Waals surface area contributed by atoms with Crippen LogP contribution in [0.3, 0.4) is 0 Å². The molecule has 0 radical (unpaired) electrons. The minimum absolute atomic E-state index is 0.304. The molecule has 0 spiro atoms. The molecule has 1 fully saturated rings. The lowest BCUT2D eigenvalue weighted by Crippen LogP contribution is -2.14. The van der Waals surface area contributed by atoms with Crippen LogP contribution >= 0.6 is 0 Å². The van der Waals surface area contributed by atoms with Gasteiger partial charge in [0, 0.05) is 12.0 Å². The van der Waals surface area contributed by atoms with Gasteiger partial charge in [-0.1, -0.05) is 39.8 Å². The van der Waals surface area contributed by atoms with Gasteiger partial charge < -0.3 is 10.2 Å². The predicted molar refractivity (Wildman–Crippen MR) is 74.2 cm³/mol. The Bertz CT molecular complexity index is 443. The molecule has 2 heteroatoms. The lowest BCUT2D eigenvalue weighted by Gasteiger charge is -2.20. The van der Waals surface area contributed by atoms with E-state index in [1.807, 2.05) is 6.07 Å². The van der Waals surface area contributed by atoms with Crippen molar-refractivity contribution in [2.75, 3.05) is 0 Å². The van der Waals surface area contributed by atoms with Crippen molar-refractivity contribution in [3.63, 3.8) is 0 Å². The molecule has 0 heterocycles. The van der Waals surface area contributed by atoms with Crippen LogP contribution < -0.4 is 0 Å². The third kappa shape index (κ3) is 2.54. The molecular formula is C16H24O2. The molecule has 0 unspecified atom stereocenters. The summed E-state index contributed by atoms with van der Waals surface area (Å²) >= 11 is 0. The molecule has 0 aliphatic heterocycles. The number of benzene rings is 1. The van der Waals surface area contributed by atoms with E-state index in [4.69, 9.17) is 0 Å². The van der Waals surface area contributed by atoms with Gasteiger partial charge in [0.2, 0.25) is 0 Å². The Kier molecular flexibility index (Phi) is 3.41. The third-order valence-corrected chi connectivity index (χ3v) is 3.93. The van der Waals surface area contributed by atoms with Gasteiger partial charge in [-0.15, -0.1) is 0 Å². The summed E-state index contributed by atoms with van der Waals surface area (Å²) in [5.41, 5.74) is 2.54. The number of rotatable bonds is 4. The van der Waals surface area contributed by atoms with Crippen molar-refractivity contribution >= 4 is 0 Å². The molecule has 2 rings (SSSR count). The molecule has 0 bridgehead atoms. The lowest BCUT2D eigenvalue weighted by molar-refractivity contribution is 0.149. The summed E-state index contributed by atoms with van der Waals surface area (Å²) in [6.07, 6.45) is 2.30. The summed E-state index contributed by atoms with van der Waals surface area (Å²) in [4.78, 5) is 0. The number of hydrogen-bond acceptors (Lipinski definition) is 2. The Morgan fingerprint density at radius 3 is 2.00 bits per heavy atom. The first-order valence-corrected chi connectivity index (χ1v) is 6.91. The van der Waals surface area contributed by atoms with Crippen LogP contribution in [0.25, 0.3) is 0 Å². The number of phenols is 1. The van der Waals surface area contributed by atoms with Gasteiger partial charge in [0.05, 0.1) is 5.60 Å². The van der Waals surface area contributed by atoms with E-state index in [9.17, 15) is 10.2 Å². The topological polar surface area (TPSA) is 40.5 Å². The maximum Gasteiger partial charge on any atom is 0.122 e. The van der Waals surface area contributed by atoms with E-state index >= 15 is 0 Å². The summed E-state index contributed by atoms with van der Waals surface area (Å²) in [6, 6.07) is 4.14. The zero-order chi connectivity index (χ0) is 13.5. The van der Waals surface area contributed by atoms with Gasteiger partial charge >= 0.3 is 0 Å². The highest BCUT2D eigenvalue weighted by Crippen LogP contribution is 2.43. The Hall–Kier alpha value is -1.02. The Labute approximate surface area is 110 Å². The van der Waals surface area contributed by atoms with Gasteiger partial charge in [0.1, 0.15) is 5.75 Å². The van der Waals surface area contributed by atoms with E-state index in [-0.39, 0.29) is 0 Å². The van der Waals surface area contributed by atoms with Gasteiger partial charge in [0.25, 0.3) is 0 Å². The summed E-state index contributed by atoms with van der Waals surface area (Å²) in [5.74, 6) is 1.07. The zero-order valence-electron chi connectivity index (χ0n) is 11.8. The number of hydrogen-bond donors (Lipinski definition) is 2. The van der Waals surface area contributed by atoms with Crippen LogP contribution in [0.4, 0.5) is 0 Å². The van der Waals surface area contributed by atoms with Gasteiger partial charge in [-0.3, -0.25) is 0 Å². The fourth-order valence-corrected chi connectivity index (χ4v) is 2.51. The standard InChI is InChI=1S/C16H24O2/c1-10(2)12-5-6-13(11(3)4)15(17)14(12)9-16(18)7-8-16/h5-6,10-11,17-18H,7-9H2,1-4H3. The second-order valence-corrected chi connectivity index (χ2v) is 6.28. The van der Waals surface area contributed by atoms with Crippen molar-refractivity contribution < 1.29 is 10.2 Å². The smallest absolute Gasteiger partial charge is 0.122 e. The first-order valence-electron chi connectivity index (χ1n) is 6.91. The van der Waals surface area contributed by atoms with Crippen molar-refractivity contribution in [1.29, 1.82) is 0 Å². The molecule has 1 aromatic rings. The van der Waals surface area contributed by atoms with E-state index in [1.54, 1.807) is 0 Å². The molecule has 0 amide bonds. The van der Waals surface area contributed by atoms with Gasteiger partial charge in [-0.05, 0) is 35.8 Å². The molecule has 1 aliphatic rings. The fourth-order valence-electron chi connectivity index (χ4n) is 2.51. The minimum Gasteiger partial charge on any atom is -0.507 e. The quantitative estimate of drug-likeness (QED) is 0.852. The average molecular weight is 248 g/mol. The summed E-state index contributed by atoms with van der Waals surface area (Å²) in [7, 11) is 0. The second kappa shape index (κ2) is 4.58. The lowest BCUT2D eigenvalue weighted by atomic mass is 9.88. The second-order valence-electron chi connectivity index (χ2n) is 6.28. The van der Waals surface area contributed by atoms with Crippen LogP contribution in [-0.4, -0.2) is 15.8 Å². The maximum atomic E-state index is 10.5. The Balaban J connectivity index is 2.46. The van der Waals surface area contributed by atoms with Crippen molar-refractivity contribution in [3.8, 4) is 5.75 Å². The van der Waals surface area contributed by atoms with E-state index < -0.39 is 5.60 Å². The molecule has 1 saturated carbocycles. The zero-order valence-corrected chi connectivity index (χ0v) is 11.8. The molecule has 100 valence electrons. The van der Waals surface area contributed by atoms with Crippen LogP contribution in [0.1, 0.15) is 69.1 Å². The molecule has 1 aliphatic carbocycles. The highest BCUT2D eigenvalue weighted by atomic mass is 16.3. The van der Waals surface area contributed by atoms with Crippen molar-refractivity contribution in [2.24, 2.45) is 0 Å². The van der Waals surface area contributed by atoms with Crippen LogP contribution in [0.2, 0.25) is 0 Å². The fraction of sp³-hybridized carbons (Fsp3) is 0.625. The van der Waals surface area contributed by atoms with Gasteiger partial charge in [0.15, 0.2) is 0 Å². The molecular weight excluding hydrogens is 224 g/mol. The van der Waals surface area contributed by atoms with Crippen LogP contribution in [-0.2, 0) is 6.42 Å². The van der Waals surface area contributed by atoms with E-state index in [0.29, 0.717) is 24.0 Å². The van der Waals surface area contributed by atoms with Crippen molar-refractivity contribution in [1.82, 2.24) is 0 Å². The monoisotopic (exact) mass is 248 g/mol. The average Bonchev–Trinajstić information content (AvgIpc) is 2.98.